The molecule has 1 amide bonds. The molecule has 18 heavy (non-hydrogen) atoms. The van der Waals surface area contributed by atoms with Crippen LogP contribution in [0, 0.1) is 6.92 Å². The van der Waals surface area contributed by atoms with E-state index in [0.717, 1.165) is 0 Å². The second kappa shape index (κ2) is 6.90. The minimum atomic E-state index is -2.88. The van der Waals surface area contributed by atoms with E-state index in [-0.39, 0.29) is 11.7 Å². The summed E-state index contributed by atoms with van der Waals surface area (Å²) in [6, 6.07) is 4.62. The molecule has 100 valence electrons. The molecule has 0 saturated carbocycles. The van der Waals surface area contributed by atoms with E-state index in [4.69, 9.17) is 5.73 Å². The first-order valence-corrected chi connectivity index (χ1v) is 5.58. The van der Waals surface area contributed by atoms with Gasteiger partial charge in [-0.25, -0.2) is 0 Å². The van der Waals surface area contributed by atoms with Gasteiger partial charge >= 0.3 is 6.61 Å². The van der Waals surface area contributed by atoms with Crippen LogP contribution in [0.4, 0.5) is 14.5 Å². The summed E-state index contributed by atoms with van der Waals surface area (Å²) < 4.78 is 28.6. The van der Waals surface area contributed by atoms with Crippen molar-refractivity contribution in [3.8, 4) is 5.75 Å². The van der Waals surface area contributed by atoms with Crippen LogP contribution in [0.25, 0.3) is 0 Å². The standard InChI is InChI=1S/C12H16F2N2O2/c1-8-4-5-9(7-10(8)18-12(13)14)16-11(17)3-2-6-15/h4-5,7,12H,2-3,6,15H2,1H3,(H,16,17). The first kappa shape index (κ1) is 14.4. The largest absolute Gasteiger partial charge is 0.434 e. The quantitative estimate of drug-likeness (QED) is 0.822. The lowest BCUT2D eigenvalue weighted by atomic mass is 10.2. The number of halogens is 2. The molecule has 0 aromatic heterocycles. The van der Waals surface area contributed by atoms with Crippen molar-refractivity contribution < 1.29 is 18.3 Å². The number of aryl methyl sites for hydroxylation is 1. The summed E-state index contributed by atoms with van der Waals surface area (Å²) in [6.45, 7) is -0.800. The van der Waals surface area contributed by atoms with Crippen LogP contribution >= 0.6 is 0 Å². The van der Waals surface area contributed by atoms with Gasteiger partial charge in [0.05, 0.1) is 0 Å². The zero-order chi connectivity index (χ0) is 13.5. The third-order valence-electron chi connectivity index (χ3n) is 2.30. The van der Waals surface area contributed by atoms with Crippen LogP contribution in [-0.4, -0.2) is 19.1 Å². The van der Waals surface area contributed by atoms with Gasteiger partial charge in [0.25, 0.3) is 0 Å². The van der Waals surface area contributed by atoms with Gasteiger partial charge in [-0.1, -0.05) is 6.07 Å². The minimum Gasteiger partial charge on any atom is -0.434 e. The molecule has 0 bridgehead atoms. The number of anilines is 1. The molecular formula is C12H16F2N2O2. The van der Waals surface area contributed by atoms with Gasteiger partial charge in [-0.2, -0.15) is 8.78 Å². The Balaban J connectivity index is 2.69. The zero-order valence-corrected chi connectivity index (χ0v) is 10.1. The molecule has 6 heteroatoms. The lowest BCUT2D eigenvalue weighted by molar-refractivity contribution is -0.116. The van der Waals surface area contributed by atoms with E-state index in [1.54, 1.807) is 19.1 Å². The Morgan fingerprint density at radius 3 is 2.83 bits per heavy atom. The fourth-order valence-electron chi connectivity index (χ4n) is 1.39. The van der Waals surface area contributed by atoms with Crippen molar-refractivity contribution in [3.05, 3.63) is 23.8 Å². The molecule has 0 fully saturated rings. The van der Waals surface area contributed by atoms with Crippen LogP contribution in [0.5, 0.6) is 5.75 Å². The molecule has 0 aliphatic rings. The van der Waals surface area contributed by atoms with Crippen molar-refractivity contribution in [1.82, 2.24) is 0 Å². The summed E-state index contributed by atoms with van der Waals surface area (Å²) in [4.78, 5) is 11.4. The third kappa shape index (κ3) is 4.67. The Morgan fingerprint density at radius 2 is 2.22 bits per heavy atom. The smallest absolute Gasteiger partial charge is 0.387 e. The van der Waals surface area contributed by atoms with Crippen LogP contribution in [0.1, 0.15) is 18.4 Å². The number of benzene rings is 1. The summed E-state index contributed by atoms with van der Waals surface area (Å²) in [5.74, 6) is -0.145. The number of carbonyl (C=O) groups is 1. The number of hydrogen-bond acceptors (Lipinski definition) is 3. The van der Waals surface area contributed by atoms with Crippen molar-refractivity contribution >= 4 is 11.6 Å². The van der Waals surface area contributed by atoms with Crippen LogP contribution < -0.4 is 15.8 Å². The number of hydrogen-bond donors (Lipinski definition) is 2. The maximum absolute atomic E-state index is 12.1. The lowest BCUT2D eigenvalue weighted by Crippen LogP contribution is -2.13. The number of amides is 1. The van der Waals surface area contributed by atoms with Crippen LogP contribution in [-0.2, 0) is 4.79 Å². The molecule has 3 N–H and O–H groups in total. The molecule has 4 nitrogen and oxygen atoms in total. The Labute approximate surface area is 104 Å². The summed E-state index contributed by atoms with van der Waals surface area (Å²) in [5, 5.41) is 2.60. The van der Waals surface area contributed by atoms with Gasteiger partial charge in [0.1, 0.15) is 5.75 Å². The summed E-state index contributed by atoms with van der Waals surface area (Å²) in [5.41, 5.74) is 6.29. The van der Waals surface area contributed by atoms with Gasteiger partial charge in [0.15, 0.2) is 0 Å². The zero-order valence-electron chi connectivity index (χ0n) is 10.1. The topological polar surface area (TPSA) is 64.4 Å². The van der Waals surface area contributed by atoms with Gasteiger partial charge in [0.2, 0.25) is 5.91 Å². The lowest BCUT2D eigenvalue weighted by Gasteiger charge is -2.10. The average Bonchev–Trinajstić information content (AvgIpc) is 2.30. The first-order valence-electron chi connectivity index (χ1n) is 5.58. The average molecular weight is 258 g/mol. The van der Waals surface area contributed by atoms with Gasteiger partial charge < -0.3 is 15.8 Å². The second-order valence-corrected chi connectivity index (χ2v) is 3.80. The van der Waals surface area contributed by atoms with Crippen LogP contribution in [0.15, 0.2) is 18.2 Å². The number of alkyl halides is 2. The molecule has 1 aromatic carbocycles. The molecule has 1 rings (SSSR count). The van der Waals surface area contributed by atoms with E-state index in [9.17, 15) is 13.6 Å². The predicted octanol–water partition coefficient (Wildman–Crippen LogP) is 2.27. The minimum absolute atomic E-state index is 0.0571. The number of rotatable bonds is 6. The maximum Gasteiger partial charge on any atom is 0.387 e. The molecule has 0 aliphatic carbocycles. The molecule has 0 heterocycles. The van der Waals surface area contributed by atoms with Gasteiger partial charge in [-0.3, -0.25) is 4.79 Å². The van der Waals surface area contributed by atoms with Gasteiger partial charge in [0, 0.05) is 18.2 Å². The highest BCUT2D eigenvalue weighted by molar-refractivity contribution is 5.90. The second-order valence-electron chi connectivity index (χ2n) is 3.80. The van der Waals surface area contributed by atoms with Crippen molar-refractivity contribution in [2.75, 3.05) is 11.9 Å². The molecule has 1 aromatic rings. The van der Waals surface area contributed by atoms with E-state index in [2.05, 4.69) is 10.1 Å². The molecule has 0 unspecified atom stereocenters. The van der Waals surface area contributed by atoms with Crippen LogP contribution in [0.2, 0.25) is 0 Å². The molecule has 0 radical (unpaired) electrons. The van der Waals surface area contributed by atoms with E-state index in [1.807, 2.05) is 0 Å². The maximum atomic E-state index is 12.1. The Bertz CT molecular complexity index is 411. The normalized spacial score (nSPS) is 10.5. The highest BCUT2D eigenvalue weighted by Gasteiger charge is 2.09. The van der Waals surface area contributed by atoms with E-state index >= 15 is 0 Å². The number of nitrogens with two attached hydrogens (primary N) is 1. The highest BCUT2D eigenvalue weighted by Crippen LogP contribution is 2.24. The molecule has 0 spiro atoms. The summed E-state index contributed by atoms with van der Waals surface area (Å²) >= 11 is 0. The summed E-state index contributed by atoms with van der Waals surface area (Å²) in [7, 11) is 0. The fourth-order valence-corrected chi connectivity index (χ4v) is 1.39. The summed E-state index contributed by atoms with van der Waals surface area (Å²) in [6.07, 6.45) is 0.882. The van der Waals surface area contributed by atoms with Crippen molar-refractivity contribution in [2.45, 2.75) is 26.4 Å². The molecular weight excluding hydrogens is 242 g/mol. The Kier molecular flexibility index (Phi) is 5.51. The SMILES string of the molecule is Cc1ccc(NC(=O)CCCN)cc1OC(F)F. The Hall–Kier alpha value is -1.69. The van der Waals surface area contributed by atoms with E-state index in [1.165, 1.54) is 6.07 Å². The van der Waals surface area contributed by atoms with Gasteiger partial charge in [-0.15, -0.1) is 0 Å². The fraction of sp³-hybridized carbons (Fsp3) is 0.417. The number of ether oxygens (including phenoxy) is 1. The number of carbonyl (C=O) groups excluding carboxylic acids is 1. The van der Waals surface area contributed by atoms with Crippen molar-refractivity contribution in [2.24, 2.45) is 5.73 Å². The van der Waals surface area contributed by atoms with Crippen molar-refractivity contribution in [1.29, 1.82) is 0 Å². The Morgan fingerprint density at radius 1 is 1.50 bits per heavy atom. The third-order valence-corrected chi connectivity index (χ3v) is 2.30. The van der Waals surface area contributed by atoms with Gasteiger partial charge in [-0.05, 0) is 31.5 Å². The number of nitrogens with one attached hydrogen (secondary N) is 1. The molecule has 0 saturated heterocycles. The van der Waals surface area contributed by atoms with E-state index < -0.39 is 6.61 Å². The first-order chi connectivity index (χ1) is 8.52. The predicted molar refractivity (Wildman–Crippen MR) is 64.7 cm³/mol. The van der Waals surface area contributed by atoms with Crippen molar-refractivity contribution in [3.63, 3.8) is 0 Å². The molecule has 0 atom stereocenters. The highest BCUT2D eigenvalue weighted by atomic mass is 19.3. The monoisotopic (exact) mass is 258 g/mol. The van der Waals surface area contributed by atoms with E-state index in [0.29, 0.717) is 30.6 Å². The van der Waals surface area contributed by atoms with Crippen LogP contribution in [0.3, 0.4) is 0 Å². The molecule has 0 aliphatic heterocycles.